The number of benzene rings is 2. The van der Waals surface area contributed by atoms with E-state index < -0.39 is 5.82 Å². The number of ether oxygens (including phenoxy) is 2. The molecule has 6 heterocycles. The summed E-state index contributed by atoms with van der Waals surface area (Å²) < 4.78 is 46.3. The number of pyridine rings is 1. The summed E-state index contributed by atoms with van der Waals surface area (Å²) in [5.74, 6) is -0.420. The SMILES string of the molecule is CCc1c(F)ccc2cc(O)cc(-c3c(F)c4nc(OCC5(CN6CCC(OC)CC6)CC5)nc(N5CC6CCC(C5)N6)c4c4ccnn34)c12. The number of nitrogens with zero attached hydrogens (tertiary/aromatic N) is 6. The molecule has 9 rings (SSSR count). The molecule has 10 nitrogen and oxygen atoms in total. The molecule has 2 bridgehead atoms. The maximum atomic E-state index is 17.5. The minimum atomic E-state index is -0.622. The van der Waals surface area contributed by atoms with Gasteiger partial charge in [0.25, 0.3) is 0 Å². The highest BCUT2D eigenvalue weighted by Gasteiger charge is 2.45. The third-order valence-electron chi connectivity index (χ3n) is 11.6. The average molecular weight is 684 g/mol. The summed E-state index contributed by atoms with van der Waals surface area (Å²) in [6, 6.07) is 8.72. The molecule has 2 N–H and O–H groups in total. The number of fused-ring (bicyclic) bond motifs is 6. The number of piperidine rings is 1. The van der Waals surface area contributed by atoms with Crippen LogP contribution in [-0.4, -0.2) is 94.2 Å². The number of methoxy groups -OCH3 is 1. The molecule has 262 valence electrons. The molecule has 3 saturated heterocycles. The molecule has 50 heavy (non-hydrogen) atoms. The Kier molecular flexibility index (Phi) is 7.81. The second-order valence-corrected chi connectivity index (χ2v) is 14.9. The van der Waals surface area contributed by atoms with Crippen LogP contribution >= 0.6 is 0 Å². The van der Waals surface area contributed by atoms with Gasteiger partial charge in [-0.3, -0.25) is 0 Å². The van der Waals surface area contributed by atoms with Gasteiger partial charge in [-0.05, 0) is 85.5 Å². The highest BCUT2D eigenvalue weighted by Crippen LogP contribution is 2.47. The van der Waals surface area contributed by atoms with Crippen molar-refractivity contribution in [2.75, 3.05) is 51.3 Å². The lowest BCUT2D eigenvalue weighted by Gasteiger charge is -2.35. The summed E-state index contributed by atoms with van der Waals surface area (Å²) in [6.07, 6.45) is 8.70. The number of phenols is 1. The van der Waals surface area contributed by atoms with E-state index >= 15 is 8.78 Å². The quantitative estimate of drug-likeness (QED) is 0.198. The summed E-state index contributed by atoms with van der Waals surface area (Å²) in [7, 11) is 1.79. The lowest BCUT2D eigenvalue weighted by molar-refractivity contribution is 0.0313. The Morgan fingerprint density at radius 3 is 2.50 bits per heavy atom. The van der Waals surface area contributed by atoms with Crippen molar-refractivity contribution in [1.29, 1.82) is 0 Å². The molecule has 2 aromatic carbocycles. The van der Waals surface area contributed by atoms with E-state index in [0.29, 0.717) is 69.8 Å². The van der Waals surface area contributed by atoms with E-state index in [1.807, 2.05) is 13.0 Å². The Hall–Kier alpha value is -4.13. The predicted molar refractivity (Wildman–Crippen MR) is 188 cm³/mol. The fourth-order valence-corrected chi connectivity index (χ4v) is 8.75. The molecular weight excluding hydrogens is 640 g/mol. The molecule has 12 heteroatoms. The van der Waals surface area contributed by atoms with E-state index in [1.54, 1.807) is 30.0 Å². The van der Waals surface area contributed by atoms with Gasteiger partial charge in [-0.15, -0.1) is 0 Å². The van der Waals surface area contributed by atoms with Crippen LogP contribution in [0.2, 0.25) is 0 Å². The van der Waals surface area contributed by atoms with E-state index in [1.165, 1.54) is 12.1 Å². The first-order valence-corrected chi connectivity index (χ1v) is 18.0. The van der Waals surface area contributed by atoms with Gasteiger partial charge in [-0.25, -0.2) is 13.3 Å². The number of rotatable bonds is 9. The van der Waals surface area contributed by atoms with E-state index in [-0.39, 0.29) is 34.2 Å². The number of halogens is 2. The minimum absolute atomic E-state index is 0.0206. The zero-order chi connectivity index (χ0) is 34.1. The molecule has 0 radical (unpaired) electrons. The van der Waals surface area contributed by atoms with Crippen LogP contribution in [0.25, 0.3) is 38.4 Å². The molecule has 2 unspecified atom stereocenters. The summed E-state index contributed by atoms with van der Waals surface area (Å²) in [6.45, 7) is 6.75. The van der Waals surface area contributed by atoms with Crippen LogP contribution in [0.5, 0.6) is 11.8 Å². The van der Waals surface area contributed by atoms with Gasteiger partial charge >= 0.3 is 6.01 Å². The van der Waals surface area contributed by atoms with Crippen molar-refractivity contribution in [3.63, 3.8) is 0 Å². The minimum Gasteiger partial charge on any atom is -0.508 e. The number of aromatic nitrogens is 4. The van der Waals surface area contributed by atoms with Crippen LogP contribution in [0.15, 0.2) is 36.5 Å². The molecule has 3 aromatic heterocycles. The Labute approximate surface area is 289 Å². The van der Waals surface area contributed by atoms with E-state index in [4.69, 9.17) is 19.4 Å². The number of piperazine rings is 1. The summed E-state index contributed by atoms with van der Waals surface area (Å²) >= 11 is 0. The van der Waals surface area contributed by atoms with Gasteiger partial charge in [-0.2, -0.15) is 15.1 Å². The second-order valence-electron chi connectivity index (χ2n) is 14.9. The van der Waals surface area contributed by atoms with Crippen LogP contribution in [-0.2, 0) is 11.2 Å². The van der Waals surface area contributed by atoms with Crippen LogP contribution in [0.1, 0.15) is 51.0 Å². The van der Waals surface area contributed by atoms with Crippen LogP contribution < -0.4 is 15.0 Å². The highest BCUT2D eigenvalue weighted by molar-refractivity contribution is 6.07. The molecule has 3 aliphatic heterocycles. The smallest absolute Gasteiger partial charge is 0.319 e. The number of phenolic OH excluding ortho intramolecular Hbond substituents is 1. The third-order valence-corrected chi connectivity index (χ3v) is 11.6. The van der Waals surface area contributed by atoms with Gasteiger partial charge in [0.2, 0.25) is 0 Å². The first-order chi connectivity index (χ1) is 24.3. The lowest BCUT2D eigenvalue weighted by Crippen LogP contribution is -2.51. The number of nitrogens with one attached hydrogen (secondary N) is 1. The van der Waals surface area contributed by atoms with Crippen molar-refractivity contribution in [3.8, 4) is 23.0 Å². The maximum Gasteiger partial charge on any atom is 0.319 e. The fourth-order valence-electron chi connectivity index (χ4n) is 8.75. The predicted octanol–water partition coefficient (Wildman–Crippen LogP) is 5.85. The van der Waals surface area contributed by atoms with Crippen molar-refractivity contribution >= 4 is 33.0 Å². The zero-order valence-corrected chi connectivity index (χ0v) is 28.6. The Balaban J connectivity index is 1.18. The van der Waals surface area contributed by atoms with Crippen LogP contribution in [0.3, 0.4) is 0 Å². The summed E-state index contributed by atoms with van der Waals surface area (Å²) in [4.78, 5) is 14.6. The Morgan fingerprint density at radius 2 is 1.78 bits per heavy atom. The van der Waals surface area contributed by atoms with Crippen molar-refractivity contribution in [2.24, 2.45) is 5.41 Å². The number of aromatic hydroxyl groups is 1. The maximum absolute atomic E-state index is 17.5. The third kappa shape index (κ3) is 5.43. The Morgan fingerprint density at radius 1 is 1.00 bits per heavy atom. The number of hydrogen-bond donors (Lipinski definition) is 2. The Bertz CT molecular complexity index is 2100. The first-order valence-electron chi connectivity index (χ1n) is 18.0. The standard InChI is InChI=1S/C38H43F2N7O3/c1-3-27-29(39)7-4-22-16-25(48)17-28(31(22)27)35-33(40)34-32(30-8-13-41-47(30)35)36(46-18-23-5-6-24(19-46)42-23)44-37(43-34)50-21-38(11-12-38)20-45-14-9-26(49-2)10-15-45/h4,7-8,13,16-17,23-24,26,42,48H,3,5-6,9-12,14-15,18-21H2,1-2H3. The van der Waals surface area contributed by atoms with Gasteiger partial charge < -0.3 is 29.7 Å². The average Bonchev–Trinajstić information content (AvgIpc) is 3.56. The lowest BCUT2D eigenvalue weighted by atomic mass is 9.94. The number of anilines is 1. The van der Waals surface area contributed by atoms with Crippen LogP contribution in [0, 0.1) is 17.0 Å². The van der Waals surface area contributed by atoms with Gasteiger partial charge in [0.15, 0.2) is 5.82 Å². The fraction of sp³-hybridized carbons (Fsp3) is 0.500. The molecule has 0 amide bonds. The molecule has 0 spiro atoms. The van der Waals surface area contributed by atoms with Crippen molar-refractivity contribution < 1.29 is 23.4 Å². The van der Waals surface area contributed by atoms with E-state index in [0.717, 1.165) is 71.2 Å². The topological polar surface area (TPSA) is 100 Å². The monoisotopic (exact) mass is 683 g/mol. The molecule has 4 fully saturated rings. The van der Waals surface area contributed by atoms with Crippen molar-refractivity contribution in [3.05, 3.63) is 53.7 Å². The molecule has 4 aliphatic rings. The molecule has 5 aromatic rings. The van der Waals surface area contributed by atoms with Gasteiger partial charge in [0.05, 0.1) is 29.8 Å². The van der Waals surface area contributed by atoms with Gasteiger partial charge in [-0.1, -0.05) is 13.0 Å². The second kappa shape index (κ2) is 12.3. The van der Waals surface area contributed by atoms with Gasteiger partial charge in [0, 0.05) is 62.9 Å². The number of aryl methyl sites for hydroxylation is 1. The van der Waals surface area contributed by atoms with Crippen molar-refractivity contribution in [1.82, 2.24) is 29.8 Å². The number of likely N-dealkylation sites (tertiary alicyclic amines) is 1. The normalized spacial score (nSPS) is 22.3. The van der Waals surface area contributed by atoms with Crippen LogP contribution in [0.4, 0.5) is 14.6 Å². The molecule has 2 atom stereocenters. The van der Waals surface area contributed by atoms with E-state index in [9.17, 15) is 5.11 Å². The zero-order valence-electron chi connectivity index (χ0n) is 28.6. The highest BCUT2D eigenvalue weighted by atomic mass is 19.1. The molecule has 1 saturated carbocycles. The molecular formula is C38H43F2N7O3. The van der Waals surface area contributed by atoms with Crippen molar-refractivity contribution in [2.45, 2.75) is 70.1 Å². The summed E-state index contributed by atoms with van der Waals surface area (Å²) in [5, 5.41) is 20.8. The first kappa shape index (κ1) is 31.8. The number of hydrogen-bond acceptors (Lipinski definition) is 9. The largest absolute Gasteiger partial charge is 0.508 e. The van der Waals surface area contributed by atoms with E-state index in [2.05, 4.69) is 20.2 Å². The summed E-state index contributed by atoms with van der Waals surface area (Å²) in [5.41, 5.74) is 1.67. The molecule has 1 aliphatic carbocycles. The van der Waals surface area contributed by atoms with Gasteiger partial charge in [0.1, 0.15) is 28.6 Å².